The normalized spacial score (nSPS) is 10.7. The number of fused-ring (bicyclic) bond motifs is 1. The van der Waals surface area contributed by atoms with Gasteiger partial charge in [0.05, 0.1) is 0 Å². The second kappa shape index (κ2) is 5.21. The van der Waals surface area contributed by atoms with Gasteiger partial charge in [-0.1, -0.05) is 36.4 Å². The Labute approximate surface area is 115 Å². The lowest BCUT2D eigenvalue weighted by molar-refractivity contribution is 0.0990. The number of Topliss-reactive ketones (excluding diaryl/α,β-unsaturated/α-hetero) is 1. The zero-order chi connectivity index (χ0) is 13.9. The maximum Gasteiger partial charge on any atom is 0.186 e. The van der Waals surface area contributed by atoms with Crippen LogP contribution < -0.4 is 0 Å². The summed E-state index contributed by atoms with van der Waals surface area (Å²) >= 11 is 0. The van der Waals surface area contributed by atoms with E-state index in [9.17, 15) is 9.18 Å². The highest BCUT2D eigenvalue weighted by atomic mass is 19.1. The van der Waals surface area contributed by atoms with Gasteiger partial charge in [-0.05, 0) is 29.1 Å². The quantitative estimate of drug-likeness (QED) is 0.674. The summed E-state index contributed by atoms with van der Waals surface area (Å²) in [6.07, 6.45) is 1.86. The van der Waals surface area contributed by atoms with Gasteiger partial charge in [0.1, 0.15) is 11.5 Å². The molecule has 2 nitrogen and oxygen atoms in total. The maximum atomic E-state index is 12.9. The minimum atomic E-state index is -0.301. The lowest BCUT2D eigenvalue weighted by atomic mass is 10.0. The monoisotopic (exact) mass is 265 g/mol. The molecule has 0 atom stereocenters. The number of nitrogens with zero attached hydrogens (tertiary/aromatic N) is 1. The van der Waals surface area contributed by atoms with Crippen LogP contribution in [0.15, 0.2) is 60.8 Å². The largest absolute Gasteiger partial charge is 0.292 e. The molecule has 0 unspecified atom stereocenters. The highest BCUT2D eigenvalue weighted by Gasteiger charge is 2.12. The van der Waals surface area contributed by atoms with E-state index in [-0.39, 0.29) is 18.0 Å². The Morgan fingerprint density at radius 2 is 1.75 bits per heavy atom. The molecule has 3 heteroatoms. The highest BCUT2D eigenvalue weighted by Crippen LogP contribution is 2.18. The summed E-state index contributed by atoms with van der Waals surface area (Å²) < 4.78 is 12.9. The summed E-state index contributed by atoms with van der Waals surface area (Å²) in [5, 5.41) is 1.84. The standard InChI is InChI=1S/C17H12FNO/c18-14-7-5-12(6-8-14)11-16(20)17-15-4-2-1-3-13(15)9-10-19-17/h1-10H,11H2. The molecule has 20 heavy (non-hydrogen) atoms. The summed E-state index contributed by atoms with van der Waals surface area (Å²) in [5.41, 5.74) is 1.25. The van der Waals surface area contributed by atoms with Crippen molar-refractivity contribution in [3.63, 3.8) is 0 Å². The number of hydrogen-bond donors (Lipinski definition) is 0. The topological polar surface area (TPSA) is 30.0 Å². The molecule has 0 saturated carbocycles. The van der Waals surface area contributed by atoms with Crippen molar-refractivity contribution in [3.05, 3.63) is 77.9 Å². The van der Waals surface area contributed by atoms with E-state index in [1.165, 1.54) is 12.1 Å². The van der Waals surface area contributed by atoms with Gasteiger partial charge in [0.2, 0.25) is 0 Å². The van der Waals surface area contributed by atoms with Gasteiger partial charge in [-0.25, -0.2) is 4.39 Å². The van der Waals surface area contributed by atoms with Gasteiger partial charge in [0, 0.05) is 18.0 Å². The fourth-order valence-corrected chi connectivity index (χ4v) is 2.21. The predicted molar refractivity (Wildman–Crippen MR) is 76.2 cm³/mol. The average Bonchev–Trinajstić information content (AvgIpc) is 2.49. The van der Waals surface area contributed by atoms with E-state index in [4.69, 9.17) is 0 Å². The summed E-state index contributed by atoms with van der Waals surface area (Å²) in [4.78, 5) is 16.6. The Balaban J connectivity index is 1.94. The second-order valence-electron chi connectivity index (χ2n) is 4.61. The molecule has 0 aliphatic carbocycles. The molecule has 3 aromatic rings. The van der Waals surface area contributed by atoms with Crippen molar-refractivity contribution in [2.75, 3.05) is 0 Å². The number of benzene rings is 2. The van der Waals surface area contributed by atoms with Crippen LogP contribution in [-0.4, -0.2) is 10.8 Å². The van der Waals surface area contributed by atoms with Crippen LogP contribution in [0, 0.1) is 5.82 Å². The lowest BCUT2D eigenvalue weighted by Gasteiger charge is -2.05. The maximum absolute atomic E-state index is 12.9. The molecule has 98 valence electrons. The average molecular weight is 265 g/mol. The van der Waals surface area contributed by atoms with E-state index >= 15 is 0 Å². The van der Waals surface area contributed by atoms with Crippen molar-refractivity contribution >= 4 is 16.6 Å². The first-order valence-electron chi connectivity index (χ1n) is 6.35. The third-order valence-corrected chi connectivity index (χ3v) is 3.22. The van der Waals surface area contributed by atoms with Gasteiger partial charge in [0.25, 0.3) is 0 Å². The molecule has 0 spiro atoms. The first kappa shape index (κ1) is 12.5. The summed E-state index contributed by atoms with van der Waals surface area (Å²) in [6, 6.07) is 15.5. The fraction of sp³-hybridized carbons (Fsp3) is 0.0588. The molecule has 0 amide bonds. The highest BCUT2D eigenvalue weighted by molar-refractivity contribution is 6.07. The minimum absolute atomic E-state index is 0.0617. The van der Waals surface area contributed by atoms with Gasteiger partial charge < -0.3 is 0 Å². The molecule has 0 saturated heterocycles. The van der Waals surface area contributed by atoms with Crippen LogP contribution in [0.25, 0.3) is 10.8 Å². The summed E-state index contributed by atoms with van der Waals surface area (Å²) in [7, 11) is 0. The molecule has 0 radical (unpaired) electrons. The SMILES string of the molecule is O=C(Cc1ccc(F)cc1)c1nccc2ccccc12. The Morgan fingerprint density at radius 1 is 1.00 bits per heavy atom. The number of ketones is 1. The van der Waals surface area contributed by atoms with E-state index in [0.717, 1.165) is 16.3 Å². The first-order chi connectivity index (χ1) is 9.74. The number of pyridine rings is 1. The third-order valence-electron chi connectivity index (χ3n) is 3.22. The smallest absolute Gasteiger partial charge is 0.186 e. The van der Waals surface area contributed by atoms with Crippen molar-refractivity contribution in [2.45, 2.75) is 6.42 Å². The first-order valence-corrected chi connectivity index (χ1v) is 6.35. The van der Waals surface area contributed by atoms with Gasteiger partial charge in [-0.2, -0.15) is 0 Å². The summed E-state index contributed by atoms with van der Waals surface area (Å²) in [6.45, 7) is 0. The van der Waals surface area contributed by atoms with Crippen LogP contribution in [0.2, 0.25) is 0 Å². The minimum Gasteiger partial charge on any atom is -0.292 e. The Bertz CT molecular complexity index is 760. The van der Waals surface area contributed by atoms with Gasteiger partial charge in [-0.15, -0.1) is 0 Å². The number of aromatic nitrogens is 1. The molecule has 1 aromatic heterocycles. The molecule has 0 N–H and O–H groups in total. The van der Waals surface area contributed by atoms with E-state index < -0.39 is 0 Å². The molecular formula is C17H12FNO. The van der Waals surface area contributed by atoms with Crippen LogP contribution in [0.5, 0.6) is 0 Å². The van der Waals surface area contributed by atoms with Gasteiger partial charge in [-0.3, -0.25) is 9.78 Å². The molecule has 3 rings (SSSR count). The van der Waals surface area contributed by atoms with E-state index in [2.05, 4.69) is 4.98 Å². The number of carbonyl (C=O) groups excluding carboxylic acids is 1. The van der Waals surface area contributed by atoms with Crippen LogP contribution in [0.4, 0.5) is 4.39 Å². The van der Waals surface area contributed by atoms with Crippen molar-refractivity contribution in [2.24, 2.45) is 0 Å². The van der Waals surface area contributed by atoms with Crippen LogP contribution in [0.1, 0.15) is 16.1 Å². The summed E-state index contributed by atoms with van der Waals surface area (Å²) in [5.74, 6) is -0.363. The molecule has 1 heterocycles. The molecule has 0 fully saturated rings. The van der Waals surface area contributed by atoms with Gasteiger partial charge in [0.15, 0.2) is 5.78 Å². The van der Waals surface area contributed by atoms with Crippen molar-refractivity contribution in [1.29, 1.82) is 0 Å². The fourth-order valence-electron chi connectivity index (χ4n) is 2.21. The van der Waals surface area contributed by atoms with Gasteiger partial charge >= 0.3 is 0 Å². The van der Waals surface area contributed by atoms with Crippen molar-refractivity contribution < 1.29 is 9.18 Å². The van der Waals surface area contributed by atoms with Crippen LogP contribution >= 0.6 is 0 Å². The molecule has 2 aromatic carbocycles. The number of halogens is 1. The number of rotatable bonds is 3. The molecule has 0 aliphatic rings. The van der Waals surface area contributed by atoms with Crippen molar-refractivity contribution in [1.82, 2.24) is 4.98 Å². The second-order valence-corrected chi connectivity index (χ2v) is 4.61. The van der Waals surface area contributed by atoms with E-state index in [0.29, 0.717) is 5.69 Å². The van der Waals surface area contributed by atoms with Crippen molar-refractivity contribution in [3.8, 4) is 0 Å². The third kappa shape index (κ3) is 2.43. The number of hydrogen-bond acceptors (Lipinski definition) is 2. The Kier molecular flexibility index (Phi) is 3.25. The van der Waals surface area contributed by atoms with E-state index in [1.54, 1.807) is 18.3 Å². The predicted octanol–water partition coefficient (Wildman–Crippen LogP) is 3.80. The zero-order valence-corrected chi connectivity index (χ0v) is 10.7. The van der Waals surface area contributed by atoms with Crippen LogP contribution in [0.3, 0.4) is 0 Å². The molecule has 0 aliphatic heterocycles. The Morgan fingerprint density at radius 3 is 2.55 bits per heavy atom. The zero-order valence-electron chi connectivity index (χ0n) is 10.7. The Hall–Kier alpha value is -2.55. The van der Waals surface area contributed by atoms with Crippen LogP contribution in [-0.2, 0) is 6.42 Å². The lowest BCUT2D eigenvalue weighted by Crippen LogP contribution is -2.06. The molecular weight excluding hydrogens is 253 g/mol. The van der Waals surface area contributed by atoms with E-state index in [1.807, 2.05) is 30.3 Å². The molecule has 0 bridgehead atoms. The number of carbonyl (C=O) groups is 1.